The predicted octanol–water partition coefficient (Wildman–Crippen LogP) is 2.62. The number of hydrogen-bond acceptors (Lipinski definition) is 2. The molecule has 2 saturated heterocycles. The van der Waals surface area contributed by atoms with Gasteiger partial charge in [-0.1, -0.05) is 13.8 Å². The van der Waals surface area contributed by atoms with E-state index in [9.17, 15) is 0 Å². The molecular formula is C13H22O2. The summed E-state index contributed by atoms with van der Waals surface area (Å²) < 4.78 is 11.6. The molecule has 3 fully saturated rings. The van der Waals surface area contributed by atoms with Crippen molar-refractivity contribution in [3.05, 3.63) is 0 Å². The summed E-state index contributed by atoms with van der Waals surface area (Å²) in [4.78, 5) is 0. The Morgan fingerprint density at radius 2 is 2.00 bits per heavy atom. The highest BCUT2D eigenvalue weighted by molar-refractivity contribution is 5.02. The summed E-state index contributed by atoms with van der Waals surface area (Å²) >= 11 is 0. The molecule has 1 saturated carbocycles. The van der Waals surface area contributed by atoms with Crippen molar-refractivity contribution in [2.24, 2.45) is 17.3 Å². The molecule has 2 aliphatic heterocycles. The molecule has 3 rings (SSSR count). The van der Waals surface area contributed by atoms with E-state index in [1.165, 1.54) is 19.3 Å². The van der Waals surface area contributed by atoms with Gasteiger partial charge in [0, 0.05) is 6.61 Å². The highest BCUT2D eigenvalue weighted by Gasteiger charge is 2.54. The molecule has 2 heterocycles. The number of rotatable bonds is 1. The Hall–Kier alpha value is -0.0800. The van der Waals surface area contributed by atoms with Crippen LogP contribution >= 0.6 is 0 Å². The predicted molar refractivity (Wildman–Crippen MR) is 58.7 cm³/mol. The number of hydrogen-bond donors (Lipinski definition) is 0. The maximum Gasteiger partial charge on any atom is 0.0893 e. The molecule has 6 atom stereocenters. The van der Waals surface area contributed by atoms with Crippen LogP contribution in [-0.4, -0.2) is 24.9 Å². The lowest BCUT2D eigenvalue weighted by Gasteiger charge is -2.39. The van der Waals surface area contributed by atoms with Gasteiger partial charge in [-0.25, -0.2) is 0 Å². The average Bonchev–Trinajstić information content (AvgIpc) is 2.83. The zero-order valence-corrected chi connectivity index (χ0v) is 10.0. The van der Waals surface area contributed by atoms with Crippen molar-refractivity contribution in [1.29, 1.82) is 0 Å². The van der Waals surface area contributed by atoms with E-state index >= 15 is 0 Å². The van der Waals surface area contributed by atoms with E-state index in [4.69, 9.17) is 9.47 Å². The van der Waals surface area contributed by atoms with E-state index in [1.807, 2.05) is 0 Å². The fraction of sp³-hybridized carbons (Fsp3) is 1.00. The van der Waals surface area contributed by atoms with Crippen LogP contribution in [0, 0.1) is 17.3 Å². The molecule has 0 spiro atoms. The van der Waals surface area contributed by atoms with Gasteiger partial charge in [-0.3, -0.25) is 0 Å². The average molecular weight is 210 g/mol. The zero-order valence-electron chi connectivity index (χ0n) is 10.0. The lowest BCUT2D eigenvalue weighted by atomic mass is 9.66. The van der Waals surface area contributed by atoms with Gasteiger partial charge in [0.2, 0.25) is 0 Å². The normalized spacial score (nSPS) is 59.0. The summed E-state index contributed by atoms with van der Waals surface area (Å²) in [6, 6.07) is 0. The molecule has 0 bridgehead atoms. The molecule has 0 aromatic carbocycles. The molecule has 0 amide bonds. The molecule has 0 aromatic rings. The lowest BCUT2D eigenvalue weighted by molar-refractivity contribution is 0.00223. The smallest absolute Gasteiger partial charge is 0.0893 e. The third kappa shape index (κ3) is 1.53. The van der Waals surface area contributed by atoms with Crippen LogP contribution in [0.15, 0.2) is 0 Å². The van der Waals surface area contributed by atoms with Gasteiger partial charge in [-0.05, 0) is 43.4 Å². The topological polar surface area (TPSA) is 21.8 Å². The van der Waals surface area contributed by atoms with Crippen molar-refractivity contribution < 1.29 is 9.47 Å². The first kappa shape index (κ1) is 10.1. The Balaban J connectivity index is 1.71. The summed E-state index contributed by atoms with van der Waals surface area (Å²) in [5.41, 5.74) is 0.393. The Kier molecular flexibility index (Phi) is 2.16. The number of epoxide rings is 1. The van der Waals surface area contributed by atoms with Gasteiger partial charge in [0.25, 0.3) is 0 Å². The quantitative estimate of drug-likeness (QED) is 0.621. The Labute approximate surface area is 92.3 Å². The third-order valence-corrected chi connectivity index (χ3v) is 4.90. The van der Waals surface area contributed by atoms with Gasteiger partial charge < -0.3 is 9.47 Å². The SMILES string of the molecule is CC1COC2CC(C)(C3OC3C)CCC12. The molecule has 15 heavy (non-hydrogen) atoms. The van der Waals surface area contributed by atoms with Gasteiger partial charge in [-0.2, -0.15) is 0 Å². The highest BCUT2D eigenvalue weighted by Crippen LogP contribution is 2.52. The van der Waals surface area contributed by atoms with E-state index in [0.717, 1.165) is 18.4 Å². The number of ether oxygens (including phenoxy) is 2. The molecule has 0 N–H and O–H groups in total. The van der Waals surface area contributed by atoms with Crippen molar-refractivity contribution >= 4 is 0 Å². The van der Waals surface area contributed by atoms with Crippen LogP contribution in [0.4, 0.5) is 0 Å². The second kappa shape index (κ2) is 3.21. The van der Waals surface area contributed by atoms with Crippen LogP contribution in [0.1, 0.15) is 40.0 Å². The highest BCUT2D eigenvalue weighted by atomic mass is 16.6. The van der Waals surface area contributed by atoms with E-state index in [0.29, 0.717) is 23.7 Å². The first-order chi connectivity index (χ1) is 7.10. The first-order valence-corrected chi connectivity index (χ1v) is 6.37. The monoisotopic (exact) mass is 210 g/mol. The van der Waals surface area contributed by atoms with Crippen LogP contribution < -0.4 is 0 Å². The molecule has 6 unspecified atom stereocenters. The van der Waals surface area contributed by atoms with Gasteiger partial charge in [0.05, 0.1) is 18.3 Å². The maximum absolute atomic E-state index is 5.92. The summed E-state index contributed by atoms with van der Waals surface area (Å²) in [6.07, 6.45) is 5.42. The van der Waals surface area contributed by atoms with Gasteiger partial charge >= 0.3 is 0 Å². The van der Waals surface area contributed by atoms with E-state index in [1.54, 1.807) is 0 Å². The van der Waals surface area contributed by atoms with E-state index in [2.05, 4.69) is 20.8 Å². The van der Waals surface area contributed by atoms with Crippen molar-refractivity contribution in [3.63, 3.8) is 0 Å². The van der Waals surface area contributed by atoms with Gasteiger partial charge in [-0.15, -0.1) is 0 Å². The molecular weight excluding hydrogens is 188 g/mol. The Morgan fingerprint density at radius 3 is 2.67 bits per heavy atom. The van der Waals surface area contributed by atoms with Gasteiger partial charge in [0.15, 0.2) is 0 Å². The Morgan fingerprint density at radius 1 is 1.27 bits per heavy atom. The van der Waals surface area contributed by atoms with E-state index in [-0.39, 0.29) is 0 Å². The minimum Gasteiger partial charge on any atom is -0.378 e. The summed E-state index contributed by atoms with van der Waals surface area (Å²) in [6.45, 7) is 7.90. The maximum atomic E-state index is 5.92. The zero-order chi connectivity index (χ0) is 10.6. The van der Waals surface area contributed by atoms with Crippen LogP contribution in [-0.2, 0) is 9.47 Å². The van der Waals surface area contributed by atoms with Crippen molar-refractivity contribution in [2.45, 2.75) is 58.3 Å². The van der Waals surface area contributed by atoms with Crippen molar-refractivity contribution in [1.82, 2.24) is 0 Å². The number of fused-ring (bicyclic) bond motifs is 1. The van der Waals surface area contributed by atoms with Gasteiger partial charge in [0.1, 0.15) is 0 Å². The van der Waals surface area contributed by atoms with Crippen molar-refractivity contribution in [3.8, 4) is 0 Å². The molecule has 0 aromatic heterocycles. The summed E-state index contributed by atoms with van der Waals surface area (Å²) in [5.74, 6) is 1.60. The second-order valence-corrected chi connectivity index (χ2v) is 6.17. The molecule has 2 nitrogen and oxygen atoms in total. The Bertz CT molecular complexity index is 265. The van der Waals surface area contributed by atoms with Crippen molar-refractivity contribution in [2.75, 3.05) is 6.61 Å². The summed E-state index contributed by atoms with van der Waals surface area (Å²) in [7, 11) is 0. The first-order valence-electron chi connectivity index (χ1n) is 6.37. The molecule has 0 radical (unpaired) electrons. The minimum atomic E-state index is 0.393. The third-order valence-electron chi connectivity index (χ3n) is 4.90. The largest absolute Gasteiger partial charge is 0.378 e. The fourth-order valence-electron chi connectivity index (χ4n) is 3.80. The van der Waals surface area contributed by atoms with Crippen LogP contribution in [0.25, 0.3) is 0 Å². The minimum absolute atomic E-state index is 0.393. The summed E-state index contributed by atoms with van der Waals surface area (Å²) in [5, 5.41) is 0. The standard InChI is InChI=1S/C13H22O2/c1-8-7-14-11-6-13(3,5-4-10(8)11)12-9(2)15-12/h8-12H,4-7H2,1-3H3. The molecule has 3 aliphatic rings. The molecule has 1 aliphatic carbocycles. The van der Waals surface area contributed by atoms with Crippen LogP contribution in [0.2, 0.25) is 0 Å². The molecule has 86 valence electrons. The molecule has 2 heteroatoms. The van der Waals surface area contributed by atoms with E-state index < -0.39 is 0 Å². The van der Waals surface area contributed by atoms with Crippen LogP contribution in [0.5, 0.6) is 0 Å². The fourth-order valence-corrected chi connectivity index (χ4v) is 3.80. The van der Waals surface area contributed by atoms with Crippen LogP contribution in [0.3, 0.4) is 0 Å². The second-order valence-electron chi connectivity index (χ2n) is 6.17. The lowest BCUT2D eigenvalue weighted by Crippen LogP contribution is -2.38.